The van der Waals surface area contributed by atoms with Crippen LogP contribution in [0, 0.1) is 0 Å². The fourth-order valence-corrected chi connectivity index (χ4v) is 3.04. The summed E-state index contributed by atoms with van der Waals surface area (Å²) in [7, 11) is 1.49. The summed E-state index contributed by atoms with van der Waals surface area (Å²) >= 11 is 4.34. The number of carbonyl (C=O) groups excluding carboxylic acids is 1. The third kappa shape index (κ3) is 3.43. The molecule has 0 N–H and O–H groups in total. The molecule has 0 fully saturated rings. The molecule has 0 saturated carbocycles. The standard InChI is InChI=1S/C17H11BrO4S/c1-21-14-9-16-15(22-17(20)23-16)8-12(14)13(19)7-4-10-2-5-11(18)6-3-10/h2-9H,1H3/b7-4+. The summed E-state index contributed by atoms with van der Waals surface area (Å²) in [5.74, 6) is 0.195. The zero-order chi connectivity index (χ0) is 16.4. The first kappa shape index (κ1) is 15.7. The van der Waals surface area contributed by atoms with Crippen molar-refractivity contribution in [2.24, 2.45) is 0 Å². The van der Waals surface area contributed by atoms with E-state index in [1.807, 2.05) is 24.3 Å². The molecule has 0 aliphatic carbocycles. The third-order valence-corrected chi connectivity index (χ3v) is 4.53. The van der Waals surface area contributed by atoms with Crippen LogP contribution in [0.4, 0.5) is 0 Å². The first-order chi connectivity index (χ1) is 11.1. The van der Waals surface area contributed by atoms with Crippen molar-refractivity contribution >= 4 is 49.4 Å². The van der Waals surface area contributed by atoms with Crippen molar-refractivity contribution in [1.29, 1.82) is 0 Å². The summed E-state index contributed by atoms with van der Waals surface area (Å²) in [6.07, 6.45) is 3.19. The molecule has 0 radical (unpaired) electrons. The molecule has 1 heterocycles. The van der Waals surface area contributed by atoms with Crippen LogP contribution < -0.4 is 9.68 Å². The van der Waals surface area contributed by atoms with Gasteiger partial charge in [0.2, 0.25) is 0 Å². The predicted octanol–water partition coefficient (Wildman–Crippen LogP) is 4.52. The zero-order valence-corrected chi connectivity index (χ0v) is 14.4. The minimum Gasteiger partial charge on any atom is -0.496 e. The van der Waals surface area contributed by atoms with Gasteiger partial charge in [0.05, 0.1) is 17.4 Å². The topological polar surface area (TPSA) is 56.5 Å². The summed E-state index contributed by atoms with van der Waals surface area (Å²) in [6, 6.07) is 10.8. The second-order valence-corrected chi connectivity index (χ2v) is 6.60. The number of hydrogen-bond donors (Lipinski definition) is 0. The van der Waals surface area contributed by atoms with E-state index in [0.29, 0.717) is 21.6 Å². The molecule has 23 heavy (non-hydrogen) atoms. The highest BCUT2D eigenvalue weighted by Crippen LogP contribution is 2.28. The molecule has 0 bridgehead atoms. The van der Waals surface area contributed by atoms with Gasteiger partial charge >= 0.3 is 4.94 Å². The van der Waals surface area contributed by atoms with Crippen LogP contribution in [-0.4, -0.2) is 12.9 Å². The molecule has 1 aromatic heterocycles. The lowest BCUT2D eigenvalue weighted by molar-refractivity contribution is 0.104. The number of halogens is 1. The van der Waals surface area contributed by atoms with E-state index in [0.717, 1.165) is 21.4 Å². The van der Waals surface area contributed by atoms with E-state index in [9.17, 15) is 9.59 Å². The SMILES string of the molecule is COc1cc2sc(=O)oc2cc1C(=O)/C=C/c1ccc(Br)cc1. The first-order valence-corrected chi connectivity index (χ1v) is 8.27. The van der Waals surface area contributed by atoms with E-state index < -0.39 is 4.94 Å². The number of rotatable bonds is 4. The van der Waals surface area contributed by atoms with Crippen molar-refractivity contribution in [1.82, 2.24) is 0 Å². The third-order valence-electron chi connectivity index (χ3n) is 3.22. The normalized spacial score (nSPS) is 11.2. The Balaban J connectivity index is 1.96. The average molecular weight is 391 g/mol. The molecule has 0 unspecified atom stereocenters. The lowest BCUT2D eigenvalue weighted by Gasteiger charge is -2.05. The highest BCUT2D eigenvalue weighted by atomic mass is 79.9. The molecule has 0 aliphatic heterocycles. The van der Waals surface area contributed by atoms with Crippen LogP contribution in [-0.2, 0) is 0 Å². The molecular weight excluding hydrogens is 380 g/mol. The number of fused-ring (bicyclic) bond motifs is 1. The molecule has 4 nitrogen and oxygen atoms in total. The van der Waals surface area contributed by atoms with Crippen LogP contribution in [0.1, 0.15) is 15.9 Å². The van der Waals surface area contributed by atoms with Crippen LogP contribution >= 0.6 is 27.3 Å². The van der Waals surface area contributed by atoms with E-state index in [2.05, 4.69) is 15.9 Å². The predicted molar refractivity (Wildman–Crippen MR) is 94.4 cm³/mol. The lowest BCUT2D eigenvalue weighted by atomic mass is 10.1. The first-order valence-electron chi connectivity index (χ1n) is 6.66. The van der Waals surface area contributed by atoms with Crippen molar-refractivity contribution in [3.8, 4) is 5.75 Å². The Kier molecular flexibility index (Phi) is 4.45. The summed E-state index contributed by atoms with van der Waals surface area (Å²) < 4.78 is 11.9. The molecule has 116 valence electrons. The molecular formula is C17H11BrO4S. The Labute approximate surface area is 144 Å². The Morgan fingerprint density at radius 1 is 1.26 bits per heavy atom. The van der Waals surface area contributed by atoms with Crippen LogP contribution in [0.25, 0.3) is 16.4 Å². The number of ketones is 1. The molecule has 6 heteroatoms. The van der Waals surface area contributed by atoms with E-state index in [1.54, 1.807) is 18.2 Å². The lowest BCUT2D eigenvalue weighted by Crippen LogP contribution is -1.98. The second kappa shape index (κ2) is 6.52. The van der Waals surface area contributed by atoms with Crippen molar-refractivity contribution in [3.05, 3.63) is 67.8 Å². The van der Waals surface area contributed by atoms with Crippen molar-refractivity contribution in [3.63, 3.8) is 0 Å². The molecule has 2 aromatic carbocycles. The van der Waals surface area contributed by atoms with E-state index in [4.69, 9.17) is 9.15 Å². The minimum atomic E-state index is -0.406. The van der Waals surface area contributed by atoms with Gasteiger partial charge in [0.1, 0.15) is 5.75 Å². The Bertz CT molecular complexity index is 951. The van der Waals surface area contributed by atoms with Gasteiger partial charge < -0.3 is 9.15 Å². The van der Waals surface area contributed by atoms with Gasteiger partial charge in [0.25, 0.3) is 0 Å². The van der Waals surface area contributed by atoms with E-state index in [-0.39, 0.29) is 5.78 Å². The minimum absolute atomic E-state index is 0.222. The number of hydrogen-bond acceptors (Lipinski definition) is 5. The van der Waals surface area contributed by atoms with Crippen LogP contribution in [0.15, 0.2) is 56.2 Å². The molecule has 0 saturated heterocycles. The molecule has 0 aliphatic rings. The monoisotopic (exact) mass is 390 g/mol. The number of carbonyl (C=O) groups is 1. The van der Waals surface area contributed by atoms with Gasteiger partial charge in [0, 0.05) is 10.5 Å². The number of allylic oxidation sites excluding steroid dienone is 1. The summed E-state index contributed by atoms with van der Waals surface area (Å²) in [4.78, 5) is 23.3. The average Bonchev–Trinajstić information content (AvgIpc) is 2.91. The fraction of sp³-hybridized carbons (Fsp3) is 0.0588. The zero-order valence-electron chi connectivity index (χ0n) is 12.0. The number of methoxy groups -OCH3 is 1. The van der Waals surface area contributed by atoms with E-state index >= 15 is 0 Å². The van der Waals surface area contributed by atoms with Gasteiger partial charge in [-0.3, -0.25) is 4.79 Å². The second-order valence-electron chi connectivity index (χ2n) is 4.70. The maximum atomic E-state index is 12.4. The van der Waals surface area contributed by atoms with E-state index in [1.165, 1.54) is 13.2 Å². The van der Waals surface area contributed by atoms with Gasteiger partial charge in [-0.25, -0.2) is 4.79 Å². The Hall–Kier alpha value is -2.18. The molecule has 0 amide bonds. The van der Waals surface area contributed by atoms with Crippen molar-refractivity contribution < 1.29 is 13.9 Å². The maximum Gasteiger partial charge on any atom is 0.396 e. The van der Waals surface area contributed by atoms with Crippen molar-refractivity contribution in [2.75, 3.05) is 7.11 Å². The quantitative estimate of drug-likeness (QED) is 0.485. The summed E-state index contributed by atoms with van der Waals surface area (Å²) in [5, 5.41) is 0. The fourth-order valence-electron chi connectivity index (χ4n) is 2.10. The molecule has 0 spiro atoms. The maximum absolute atomic E-state index is 12.4. The number of ether oxygens (including phenoxy) is 1. The highest BCUT2D eigenvalue weighted by molar-refractivity contribution is 9.10. The van der Waals surface area contributed by atoms with Gasteiger partial charge in [0.15, 0.2) is 11.4 Å². The van der Waals surface area contributed by atoms with Crippen molar-refractivity contribution in [2.45, 2.75) is 0 Å². The Morgan fingerprint density at radius 3 is 2.70 bits per heavy atom. The summed E-state index contributed by atoms with van der Waals surface area (Å²) in [6.45, 7) is 0. The molecule has 3 rings (SSSR count). The van der Waals surface area contributed by atoms with Gasteiger partial charge in [-0.2, -0.15) is 0 Å². The van der Waals surface area contributed by atoms with Crippen LogP contribution in [0.2, 0.25) is 0 Å². The van der Waals surface area contributed by atoms with Gasteiger partial charge in [-0.15, -0.1) is 0 Å². The van der Waals surface area contributed by atoms with Crippen LogP contribution in [0.3, 0.4) is 0 Å². The highest BCUT2D eigenvalue weighted by Gasteiger charge is 2.14. The van der Waals surface area contributed by atoms with Gasteiger partial charge in [-0.05, 0) is 29.8 Å². The van der Waals surface area contributed by atoms with Crippen LogP contribution in [0.5, 0.6) is 5.75 Å². The van der Waals surface area contributed by atoms with Gasteiger partial charge in [-0.1, -0.05) is 45.5 Å². The molecule has 3 aromatic rings. The number of benzene rings is 2. The largest absolute Gasteiger partial charge is 0.496 e. The molecule has 0 atom stereocenters. The summed E-state index contributed by atoms with van der Waals surface area (Å²) in [5.41, 5.74) is 1.65. The Morgan fingerprint density at radius 2 is 2.00 bits per heavy atom. The smallest absolute Gasteiger partial charge is 0.396 e.